The molecule has 0 amide bonds. The Hall–Kier alpha value is -0.630. The number of nitrogens with zero attached hydrogens (tertiary/aromatic N) is 2. The van der Waals surface area contributed by atoms with Crippen molar-refractivity contribution in [1.29, 1.82) is 0 Å². The number of hydrogen-bond donors (Lipinski definition) is 0. The summed E-state index contributed by atoms with van der Waals surface area (Å²) in [6.07, 6.45) is 3.56. The molecule has 0 unspecified atom stereocenters. The first-order valence-corrected chi connectivity index (χ1v) is 3.67. The highest BCUT2D eigenvalue weighted by molar-refractivity contribution is 6.29. The molecule has 0 spiro atoms. The topological polar surface area (TPSA) is 25.8 Å². The van der Waals surface area contributed by atoms with Gasteiger partial charge in [-0.25, -0.2) is 9.97 Å². The third-order valence-corrected chi connectivity index (χ3v) is 1.40. The van der Waals surface area contributed by atoms with Gasteiger partial charge in [-0.1, -0.05) is 24.9 Å². The molecule has 10 heavy (non-hydrogen) atoms. The third kappa shape index (κ3) is 1.95. The fourth-order valence-electron chi connectivity index (χ4n) is 0.763. The van der Waals surface area contributed by atoms with Crippen molar-refractivity contribution in [2.24, 2.45) is 0 Å². The van der Waals surface area contributed by atoms with Crippen LogP contribution in [-0.4, -0.2) is 9.97 Å². The first kappa shape index (κ1) is 7.48. The maximum atomic E-state index is 5.63. The molecule has 0 saturated carbocycles. The number of aromatic nitrogens is 2. The van der Waals surface area contributed by atoms with Gasteiger partial charge < -0.3 is 0 Å². The molecule has 0 saturated heterocycles. The lowest BCUT2D eigenvalue weighted by Gasteiger charge is -1.94. The third-order valence-electron chi connectivity index (χ3n) is 1.20. The van der Waals surface area contributed by atoms with Gasteiger partial charge in [-0.15, -0.1) is 0 Å². The van der Waals surface area contributed by atoms with Gasteiger partial charge in [-0.2, -0.15) is 0 Å². The second-order valence-electron chi connectivity index (χ2n) is 2.08. The Balaban J connectivity index is 2.75. The Morgan fingerprint density at radius 2 is 2.30 bits per heavy atom. The van der Waals surface area contributed by atoms with Gasteiger partial charge >= 0.3 is 0 Å². The Morgan fingerprint density at radius 3 is 2.90 bits per heavy atom. The molecule has 1 aromatic heterocycles. The van der Waals surface area contributed by atoms with Gasteiger partial charge in [0, 0.05) is 5.69 Å². The summed E-state index contributed by atoms with van der Waals surface area (Å²) >= 11 is 5.63. The summed E-state index contributed by atoms with van der Waals surface area (Å²) in [4.78, 5) is 7.81. The molecule has 2 nitrogen and oxygen atoms in total. The molecule has 0 aliphatic carbocycles. The van der Waals surface area contributed by atoms with E-state index in [0.717, 1.165) is 18.5 Å². The van der Waals surface area contributed by atoms with Crippen molar-refractivity contribution in [3.8, 4) is 0 Å². The second-order valence-corrected chi connectivity index (χ2v) is 2.47. The summed E-state index contributed by atoms with van der Waals surface area (Å²) in [5.41, 5.74) is 1.02. The highest BCUT2D eigenvalue weighted by Gasteiger charge is 1.93. The minimum absolute atomic E-state index is 0.526. The van der Waals surface area contributed by atoms with Gasteiger partial charge in [0.1, 0.15) is 11.5 Å². The fraction of sp³-hybridized carbons (Fsp3) is 0.429. The van der Waals surface area contributed by atoms with E-state index in [1.807, 2.05) is 0 Å². The van der Waals surface area contributed by atoms with Crippen LogP contribution in [0.15, 0.2) is 12.4 Å². The summed E-state index contributed by atoms with van der Waals surface area (Å²) in [6.45, 7) is 2.11. The van der Waals surface area contributed by atoms with Gasteiger partial charge in [0.25, 0.3) is 0 Å². The summed E-state index contributed by atoms with van der Waals surface area (Å²) in [5.74, 6) is 0. The van der Waals surface area contributed by atoms with Gasteiger partial charge in [0.05, 0.1) is 0 Å². The number of rotatable bonds is 2. The minimum Gasteiger partial charge on any atom is -0.241 e. The first-order chi connectivity index (χ1) is 4.83. The van der Waals surface area contributed by atoms with Crippen LogP contribution >= 0.6 is 11.6 Å². The molecule has 0 aliphatic heterocycles. The van der Waals surface area contributed by atoms with Gasteiger partial charge in [0.15, 0.2) is 0 Å². The lowest BCUT2D eigenvalue weighted by Crippen LogP contribution is -1.89. The van der Waals surface area contributed by atoms with Crippen LogP contribution in [0.3, 0.4) is 0 Å². The highest BCUT2D eigenvalue weighted by Crippen LogP contribution is 2.05. The number of hydrogen-bond acceptors (Lipinski definition) is 2. The van der Waals surface area contributed by atoms with E-state index in [-0.39, 0.29) is 0 Å². The zero-order valence-corrected chi connectivity index (χ0v) is 6.60. The molecule has 0 atom stereocenters. The monoisotopic (exact) mass is 156 g/mol. The molecule has 54 valence electrons. The second kappa shape index (κ2) is 3.52. The van der Waals surface area contributed by atoms with E-state index in [1.165, 1.54) is 6.33 Å². The first-order valence-electron chi connectivity index (χ1n) is 3.29. The van der Waals surface area contributed by atoms with Gasteiger partial charge in [-0.3, -0.25) is 0 Å². The quantitative estimate of drug-likeness (QED) is 0.613. The molecule has 1 heterocycles. The van der Waals surface area contributed by atoms with Gasteiger partial charge in [-0.05, 0) is 12.5 Å². The molecule has 0 bridgehead atoms. The van der Waals surface area contributed by atoms with Gasteiger partial charge in [0.2, 0.25) is 0 Å². The Morgan fingerprint density at radius 1 is 1.50 bits per heavy atom. The highest BCUT2D eigenvalue weighted by atomic mass is 35.5. The van der Waals surface area contributed by atoms with E-state index in [4.69, 9.17) is 11.6 Å². The molecule has 1 aromatic rings. The number of aryl methyl sites for hydroxylation is 1. The maximum absolute atomic E-state index is 5.63. The summed E-state index contributed by atoms with van der Waals surface area (Å²) < 4.78 is 0. The van der Waals surface area contributed by atoms with E-state index in [9.17, 15) is 0 Å². The Labute approximate surface area is 65.3 Å². The fourth-order valence-corrected chi connectivity index (χ4v) is 0.933. The van der Waals surface area contributed by atoms with Crippen molar-refractivity contribution >= 4 is 11.6 Å². The van der Waals surface area contributed by atoms with Crippen LogP contribution in [0.4, 0.5) is 0 Å². The van der Waals surface area contributed by atoms with Crippen LogP contribution in [0, 0.1) is 0 Å². The van der Waals surface area contributed by atoms with Crippen molar-refractivity contribution in [2.75, 3.05) is 0 Å². The maximum Gasteiger partial charge on any atom is 0.132 e. The smallest absolute Gasteiger partial charge is 0.132 e. The predicted octanol–water partition coefficient (Wildman–Crippen LogP) is 2.08. The lowest BCUT2D eigenvalue weighted by atomic mass is 10.2. The average Bonchev–Trinajstić information content (AvgIpc) is 1.88. The van der Waals surface area contributed by atoms with Crippen LogP contribution in [-0.2, 0) is 6.42 Å². The molecular weight excluding hydrogens is 148 g/mol. The predicted molar refractivity (Wildman–Crippen MR) is 41.0 cm³/mol. The Kier molecular flexibility index (Phi) is 2.63. The summed E-state index contributed by atoms with van der Waals surface area (Å²) in [7, 11) is 0. The number of halogens is 1. The van der Waals surface area contributed by atoms with E-state index in [0.29, 0.717) is 5.15 Å². The van der Waals surface area contributed by atoms with Crippen molar-refractivity contribution in [3.63, 3.8) is 0 Å². The lowest BCUT2D eigenvalue weighted by molar-refractivity contribution is 0.872. The van der Waals surface area contributed by atoms with Crippen molar-refractivity contribution in [3.05, 3.63) is 23.2 Å². The van der Waals surface area contributed by atoms with Crippen molar-refractivity contribution < 1.29 is 0 Å². The van der Waals surface area contributed by atoms with Crippen LogP contribution in [0.1, 0.15) is 19.0 Å². The molecule has 0 aromatic carbocycles. The van der Waals surface area contributed by atoms with Crippen molar-refractivity contribution in [1.82, 2.24) is 9.97 Å². The molecular formula is C7H9ClN2. The van der Waals surface area contributed by atoms with E-state index in [1.54, 1.807) is 6.07 Å². The largest absolute Gasteiger partial charge is 0.241 e. The molecule has 0 aliphatic rings. The van der Waals surface area contributed by atoms with Crippen LogP contribution in [0.5, 0.6) is 0 Å². The molecule has 3 heteroatoms. The minimum atomic E-state index is 0.526. The zero-order chi connectivity index (χ0) is 7.40. The van der Waals surface area contributed by atoms with Crippen LogP contribution < -0.4 is 0 Å². The van der Waals surface area contributed by atoms with E-state index >= 15 is 0 Å². The van der Waals surface area contributed by atoms with Crippen LogP contribution in [0.25, 0.3) is 0 Å². The Bertz CT molecular complexity index is 213. The SMILES string of the molecule is CCCc1cc(Cl)ncn1. The molecule has 0 N–H and O–H groups in total. The standard InChI is InChI=1S/C7H9ClN2/c1-2-3-6-4-7(8)10-5-9-6/h4-5H,2-3H2,1H3. The van der Waals surface area contributed by atoms with E-state index < -0.39 is 0 Å². The molecule has 0 radical (unpaired) electrons. The summed E-state index contributed by atoms with van der Waals surface area (Å²) in [5, 5.41) is 0.526. The normalized spacial score (nSPS) is 9.80. The molecule has 1 rings (SSSR count). The van der Waals surface area contributed by atoms with Crippen molar-refractivity contribution in [2.45, 2.75) is 19.8 Å². The average molecular weight is 157 g/mol. The van der Waals surface area contributed by atoms with E-state index in [2.05, 4.69) is 16.9 Å². The zero-order valence-electron chi connectivity index (χ0n) is 5.84. The van der Waals surface area contributed by atoms with Crippen LogP contribution in [0.2, 0.25) is 5.15 Å². The summed E-state index contributed by atoms with van der Waals surface area (Å²) in [6, 6.07) is 1.80. The molecule has 0 fully saturated rings.